The summed E-state index contributed by atoms with van der Waals surface area (Å²) in [5.74, 6) is 0.692. The van der Waals surface area contributed by atoms with Gasteiger partial charge in [0.1, 0.15) is 11.6 Å². The van der Waals surface area contributed by atoms with Gasteiger partial charge in [0.05, 0.1) is 0 Å². The molecule has 0 bridgehead atoms. The lowest BCUT2D eigenvalue weighted by Gasteiger charge is -2.33. The number of rotatable bonds is 13. The minimum Gasteiger partial charge on any atom is -0.467 e. The molecule has 0 heterocycles. The molecule has 2 unspecified atom stereocenters. The van der Waals surface area contributed by atoms with Gasteiger partial charge >= 0.3 is 0 Å². The predicted molar refractivity (Wildman–Crippen MR) is 162 cm³/mol. The average molecular weight is 544 g/mol. The first-order chi connectivity index (χ1) is 19.0. The van der Waals surface area contributed by atoms with Crippen LogP contribution in [0.15, 0.2) is 91.0 Å². The van der Waals surface area contributed by atoms with Gasteiger partial charge in [-0.15, -0.1) is 0 Å². The third-order valence-corrected chi connectivity index (χ3v) is 9.11. The molecule has 5 heteroatoms. The Morgan fingerprint density at radius 2 is 1.49 bits per heavy atom. The molecule has 0 saturated carbocycles. The van der Waals surface area contributed by atoms with E-state index in [0.29, 0.717) is 15.1 Å². The number of benzene rings is 4. The molecule has 2 atom stereocenters. The van der Waals surface area contributed by atoms with E-state index in [1.165, 1.54) is 27.6 Å². The van der Waals surface area contributed by atoms with Crippen LogP contribution in [0.1, 0.15) is 53.6 Å². The minimum absolute atomic E-state index is 0.178. The molecular formula is C34H39FNO2P. The Labute approximate surface area is 234 Å². The van der Waals surface area contributed by atoms with Gasteiger partial charge in [-0.3, -0.25) is 0 Å². The summed E-state index contributed by atoms with van der Waals surface area (Å²) in [7, 11) is 3.99. The molecule has 4 rings (SSSR count). The van der Waals surface area contributed by atoms with Crippen LogP contribution in [0.4, 0.5) is 4.39 Å². The van der Waals surface area contributed by atoms with Crippen molar-refractivity contribution in [2.24, 2.45) is 0 Å². The molecule has 4 aromatic rings. The summed E-state index contributed by atoms with van der Waals surface area (Å²) in [6.07, 6.45) is 2.51. The Balaban J connectivity index is 1.86. The molecule has 1 N–H and O–H groups in total. The van der Waals surface area contributed by atoms with Crippen LogP contribution < -0.4 is 15.4 Å². The normalized spacial score (nSPS) is 13.1. The second-order valence-electron chi connectivity index (χ2n) is 10.1. The highest BCUT2D eigenvalue weighted by molar-refractivity contribution is 7.48. The van der Waals surface area contributed by atoms with Gasteiger partial charge in [-0.25, -0.2) is 4.39 Å². The molecule has 0 aromatic heterocycles. The largest absolute Gasteiger partial charge is 0.467 e. The van der Waals surface area contributed by atoms with Gasteiger partial charge in [0.2, 0.25) is 0 Å². The zero-order valence-corrected chi connectivity index (χ0v) is 24.4. The van der Waals surface area contributed by atoms with E-state index >= 15 is 0 Å². The number of hydrogen-bond acceptors (Lipinski definition) is 3. The SMILES string of the molecule is CCC(C)(Pc1ccc(F)cc1CNC)c1cc(Cc2ccccc2)cc(Cc2ccccc2)c1OCOC. The van der Waals surface area contributed by atoms with E-state index in [9.17, 15) is 4.39 Å². The number of nitrogens with one attached hydrogen (secondary N) is 1. The summed E-state index contributed by atoms with van der Waals surface area (Å²) < 4.78 is 26.0. The molecule has 0 aliphatic heterocycles. The van der Waals surface area contributed by atoms with Crippen molar-refractivity contribution >= 4 is 13.9 Å². The fourth-order valence-electron chi connectivity index (χ4n) is 5.00. The molecule has 3 nitrogen and oxygen atoms in total. The summed E-state index contributed by atoms with van der Waals surface area (Å²) in [5, 5.41) is 4.16. The lowest BCUT2D eigenvalue weighted by atomic mass is 9.88. The highest BCUT2D eigenvalue weighted by Gasteiger charge is 2.31. The van der Waals surface area contributed by atoms with Crippen LogP contribution in [0.3, 0.4) is 0 Å². The molecule has 0 radical (unpaired) electrons. The highest BCUT2D eigenvalue weighted by Crippen LogP contribution is 2.49. The molecule has 39 heavy (non-hydrogen) atoms. The Morgan fingerprint density at radius 3 is 2.10 bits per heavy atom. The van der Waals surface area contributed by atoms with E-state index in [-0.39, 0.29) is 17.8 Å². The van der Waals surface area contributed by atoms with Crippen molar-refractivity contribution in [1.82, 2.24) is 5.32 Å². The molecule has 0 saturated heterocycles. The molecule has 0 aliphatic carbocycles. The highest BCUT2D eigenvalue weighted by atomic mass is 31.1. The van der Waals surface area contributed by atoms with Gasteiger partial charge < -0.3 is 14.8 Å². The van der Waals surface area contributed by atoms with E-state index in [4.69, 9.17) is 9.47 Å². The quantitative estimate of drug-likeness (QED) is 0.141. The first kappa shape index (κ1) is 29.0. The van der Waals surface area contributed by atoms with Crippen molar-refractivity contribution < 1.29 is 13.9 Å². The molecular weight excluding hydrogens is 504 g/mol. The van der Waals surface area contributed by atoms with Crippen molar-refractivity contribution in [2.45, 2.75) is 44.8 Å². The summed E-state index contributed by atoms with van der Waals surface area (Å²) in [5.41, 5.74) is 7.10. The van der Waals surface area contributed by atoms with Crippen LogP contribution in [0.5, 0.6) is 5.75 Å². The monoisotopic (exact) mass is 543 g/mol. The number of methoxy groups -OCH3 is 1. The topological polar surface area (TPSA) is 30.5 Å². The summed E-state index contributed by atoms with van der Waals surface area (Å²) in [4.78, 5) is 0. The maximum atomic E-state index is 14.2. The van der Waals surface area contributed by atoms with Crippen LogP contribution in [-0.2, 0) is 29.3 Å². The minimum atomic E-state index is -0.221. The van der Waals surface area contributed by atoms with Crippen molar-refractivity contribution in [3.05, 3.63) is 130 Å². The smallest absolute Gasteiger partial charge is 0.188 e. The van der Waals surface area contributed by atoms with E-state index < -0.39 is 0 Å². The fraction of sp³-hybridized carbons (Fsp3) is 0.294. The third kappa shape index (κ3) is 7.54. The lowest BCUT2D eigenvalue weighted by molar-refractivity contribution is 0.0494. The second-order valence-corrected chi connectivity index (χ2v) is 12.0. The summed E-state index contributed by atoms with van der Waals surface area (Å²) in [6, 6.07) is 30.9. The Morgan fingerprint density at radius 1 is 0.821 bits per heavy atom. The first-order valence-electron chi connectivity index (χ1n) is 13.5. The maximum absolute atomic E-state index is 14.2. The molecule has 4 aromatic carbocycles. The Kier molecular flexibility index (Phi) is 10.3. The van der Waals surface area contributed by atoms with E-state index in [0.717, 1.165) is 36.1 Å². The number of ether oxygens (including phenoxy) is 2. The average Bonchev–Trinajstić information content (AvgIpc) is 2.95. The van der Waals surface area contributed by atoms with Crippen LogP contribution in [0.2, 0.25) is 0 Å². The van der Waals surface area contributed by atoms with Gasteiger partial charge in [0, 0.05) is 30.8 Å². The maximum Gasteiger partial charge on any atom is 0.188 e. The lowest BCUT2D eigenvalue weighted by Crippen LogP contribution is -2.24. The first-order valence-corrected chi connectivity index (χ1v) is 14.5. The van der Waals surface area contributed by atoms with Crippen LogP contribution >= 0.6 is 8.58 Å². The van der Waals surface area contributed by atoms with Gasteiger partial charge in [-0.2, -0.15) is 0 Å². The van der Waals surface area contributed by atoms with Gasteiger partial charge in [-0.1, -0.05) is 101 Å². The van der Waals surface area contributed by atoms with E-state index in [1.807, 2.05) is 19.2 Å². The fourth-order valence-corrected chi connectivity index (χ4v) is 6.58. The van der Waals surface area contributed by atoms with E-state index in [1.54, 1.807) is 19.2 Å². The third-order valence-electron chi connectivity index (χ3n) is 7.18. The van der Waals surface area contributed by atoms with E-state index in [2.05, 4.69) is 85.9 Å². The molecule has 0 amide bonds. The zero-order chi connectivity index (χ0) is 27.7. The molecule has 204 valence electrons. The number of halogens is 1. The van der Waals surface area contributed by atoms with Crippen molar-refractivity contribution in [2.75, 3.05) is 21.0 Å². The van der Waals surface area contributed by atoms with Gasteiger partial charge in [-0.05, 0) is 65.1 Å². The number of hydrogen-bond donors (Lipinski definition) is 1. The van der Waals surface area contributed by atoms with Gasteiger partial charge in [0.15, 0.2) is 6.79 Å². The van der Waals surface area contributed by atoms with Crippen molar-refractivity contribution in [1.29, 1.82) is 0 Å². The van der Waals surface area contributed by atoms with Crippen molar-refractivity contribution in [3.63, 3.8) is 0 Å². The Hall–Kier alpha value is -3.04. The van der Waals surface area contributed by atoms with Crippen LogP contribution in [0.25, 0.3) is 0 Å². The zero-order valence-electron chi connectivity index (χ0n) is 23.4. The van der Waals surface area contributed by atoms with Crippen molar-refractivity contribution in [3.8, 4) is 5.75 Å². The van der Waals surface area contributed by atoms with Crippen LogP contribution in [-0.4, -0.2) is 21.0 Å². The molecule has 0 fully saturated rings. The summed E-state index contributed by atoms with van der Waals surface area (Å²) >= 11 is 0. The molecule has 0 aliphatic rings. The Bertz CT molecular complexity index is 1350. The standard InChI is InChI=1S/C34H39FNO2P/c1-5-34(2,39-32-17-16-30(35)22-29(32)23-36-3)31-21-27(18-25-12-8-6-9-13-25)20-28(33(31)38-24-37-4)19-26-14-10-7-11-15-26/h6-17,20-22,36,39H,5,18-19,23-24H2,1-4H3. The summed E-state index contributed by atoms with van der Waals surface area (Å²) in [6.45, 7) is 5.35. The van der Waals surface area contributed by atoms with Gasteiger partial charge in [0.25, 0.3) is 0 Å². The predicted octanol–water partition coefficient (Wildman–Crippen LogP) is 7.34. The molecule has 0 spiro atoms. The van der Waals surface area contributed by atoms with Crippen LogP contribution in [0, 0.1) is 5.82 Å². The second kappa shape index (κ2) is 13.8.